The fourth-order valence-electron chi connectivity index (χ4n) is 1.20. The Bertz CT molecular complexity index is 348. The number of unbranched alkanes of at least 4 members (excludes halogenated alkanes) is 1. The van der Waals surface area contributed by atoms with Gasteiger partial charge in [0.05, 0.1) is 5.69 Å². The third kappa shape index (κ3) is 4.55. The quantitative estimate of drug-likeness (QED) is 0.549. The van der Waals surface area contributed by atoms with Gasteiger partial charge < -0.3 is 5.32 Å². The normalized spacial score (nSPS) is 10.2. The second kappa shape index (κ2) is 7.45. The van der Waals surface area contributed by atoms with Crippen molar-refractivity contribution in [3.8, 4) is 0 Å². The van der Waals surface area contributed by atoms with Gasteiger partial charge in [0.25, 0.3) is 0 Å². The Morgan fingerprint density at radius 2 is 1.81 bits per heavy atom. The summed E-state index contributed by atoms with van der Waals surface area (Å²) in [6, 6.07) is 5.71. The number of halogens is 3. The second-order valence-electron chi connectivity index (χ2n) is 3.29. The highest BCUT2D eigenvalue weighted by Gasteiger charge is 2.08. The Kier molecular flexibility index (Phi) is 6.61. The molecule has 0 bridgehead atoms. The van der Waals surface area contributed by atoms with E-state index in [1.807, 2.05) is 18.2 Å². The maximum atomic E-state index is 11.6. The van der Waals surface area contributed by atoms with Gasteiger partial charge in [0.15, 0.2) is 0 Å². The number of carbonyl (C=O) groups excluding carboxylic acids is 1. The number of anilines is 1. The Hall–Kier alpha value is 0.130. The summed E-state index contributed by atoms with van der Waals surface area (Å²) in [5.74, 6) is 0.0496. The van der Waals surface area contributed by atoms with Gasteiger partial charge in [-0.1, -0.05) is 22.0 Å². The maximum absolute atomic E-state index is 11.6. The van der Waals surface area contributed by atoms with Crippen LogP contribution in [0.4, 0.5) is 5.69 Å². The number of nitrogens with one attached hydrogen (secondary N) is 1. The number of hydrogen-bond acceptors (Lipinski definition) is 1. The molecule has 1 aromatic rings. The monoisotopic (exact) mass is 411 g/mol. The summed E-state index contributed by atoms with van der Waals surface area (Å²) in [6.45, 7) is 0. The molecule has 1 aromatic carbocycles. The Morgan fingerprint density at radius 3 is 2.38 bits per heavy atom. The molecule has 0 saturated heterocycles. The van der Waals surface area contributed by atoms with E-state index in [1.165, 1.54) is 0 Å². The van der Waals surface area contributed by atoms with Gasteiger partial charge in [-0.15, -0.1) is 0 Å². The van der Waals surface area contributed by atoms with Crippen LogP contribution >= 0.6 is 47.8 Å². The van der Waals surface area contributed by atoms with Crippen LogP contribution in [0.25, 0.3) is 0 Å². The zero-order chi connectivity index (χ0) is 12.0. The van der Waals surface area contributed by atoms with Crippen LogP contribution in [-0.2, 0) is 4.79 Å². The molecule has 0 aliphatic rings. The van der Waals surface area contributed by atoms with Crippen LogP contribution in [0.1, 0.15) is 19.3 Å². The van der Waals surface area contributed by atoms with Crippen molar-refractivity contribution in [1.82, 2.24) is 0 Å². The molecule has 1 amide bonds. The molecule has 0 aliphatic carbocycles. The Labute approximate surface area is 121 Å². The third-order valence-electron chi connectivity index (χ3n) is 2.01. The maximum Gasteiger partial charge on any atom is 0.224 e. The van der Waals surface area contributed by atoms with Crippen molar-refractivity contribution in [2.24, 2.45) is 0 Å². The predicted octanol–water partition coefficient (Wildman–Crippen LogP) is 4.72. The Morgan fingerprint density at radius 1 is 1.19 bits per heavy atom. The van der Waals surface area contributed by atoms with E-state index in [2.05, 4.69) is 53.1 Å². The van der Waals surface area contributed by atoms with E-state index in [0.29, 0.717) is 6.42 Å². The average Bonchev–Trinajstić information content (AvgIpc) is 2.24. The van der Waals surface area contributed by atoms with Gasteiger partial charge in [-0.25, -0.2) is 0 Å². The van der Waals surface area contributed by atoms with Gasteiger partial charge in [-0.05, 0) is 56.8 Å². The number of carbonyl (C=O) groups is 1. The van der Waals surface area contributed by atoms with Crippen LogP contribution in [-0.4, -0.2) is 11.2 Å². The minimum absolute atomic E-state index is 0.0496. The van der Waals surface area contributed by atoms with Crippen molar-refractivity contribution in [3.63, 3.8) is 0 Å². The average molecular weight is 414 g/mol. The number of amides is 1. The highest BCUT2D eigenvalue weighted by atomic mass is 79.9. The molecule has 2 nitrogen and oxygen atoms in total. The second-order valence-corrected chi connectivity index (χ2v) is 5.79. The molecular formula is C11H12Br3NO. The predicted molar refractivity (Wildman–Crippen MR) is 78.1 cm³/mol. The molecule has 0 saturated carbocycles. The summed E-state index contributed by atoms with van der Waals surface area (Å²) in [6.07, 6.45) is 2.48. The number of alkyl halides is 1. The smallest absolute Gasteiger partial charge is 0.224 e. The molecule has 16 heavy (non-hydrogen) atoms. The summed E-state index contributed by atoms with van der Waals surface area (Å²) in [4.78, 5) is 11.6. The number of para-hydroxylation sites is 1. The SMILES string of the molecule is O=C(CCCCBr)Nc1c(Br)cccc1Br. The van der Waals surface area contributed by atoms with Crippen molar-refractivity contribution in [1.29, 1.82) is 0 Å². The lowest BCUT2D eigenvalue weighted by atomic mass is 10.2. The standard InChI is InChI=1S/C11H12Br3NO/c12-7-2-1-6-10(16)15-11-8(13)4-3-5-9(11)14/h3-5H,1-2,6-7H2,(H,15,16). The fourth-order valence-corrected chi connectivity index (χ4v) is 2.79. The van der Waals surface area contributed by atoms with E-state index >= 15 is 0 Å². The van der Waals surface area contributed by atoms with E-state index in [1.54, 1.807) is 0 Å². The minimum atomic E-state index is 0.0496. The van der Waals surface area contributed by atoms with Crippen LogP contribution < -0.4 is 5.32 Å². The van der Waals surface area contributed by atoms with E-state index in [-0.39, 0.29) is 5.91 Å². The van der Waals surface area contributed by atoms with Crippen LogP contribution in [0.2, 0.25) is 0 Å². The van der Waals surface area contributed by atoms with Gasteiger partial charge in [-0.2, -0.15) is 0 Å². The highest BCUT2D eigenvalue weighted by molar-refractivity contribution is 9.11. The zero-order valence-corrected chi connectivity index (χ0v) is 13.4. The molecule has 0 spiro atoms. The molecule has 0 aliphatic heterocycles. The zero-order valence-electron chi connectivity index (χ0n) is 8.60. The first-order valence-corrected chi connectivity index (χ1v) is 7.65. The van der Waals surface area contributed by atoms with Crippen LogP contribution in [0, 0.1) is 0 Å². The summed E-state index contributed by atoms with van der Waals surface area (Å²) in [5.41, 5.74) is 0.798. The van der Waals surface area contributed by atoms with Gasteiger partial charge >= 0.3 is 0 Å². The summed E-state index contributed by atoms with van der Waals surface area (Å²) < 4.78 is 1.77. The molecule has 0 aromatic heterocycles. The lowest BCUT2D eigenvalue weighted by Crippen LogP contribution is -2.12. The van der Waals surface area contributed by atoms with E-state index in [4.69, 9.17) is 0 Å². The third-order valence-corrected chi connectivity index (χ3v) is 3.90. The molecule has 0 atom stereocenters. The summed E-state index contributed by atoms with van der Waals surface area (Å²) in [7, 11) is 0. The number of hydrogen-bond donors (Lipinski definition) is 1. The van der Waals surface area contributed by atoms with Crippen molar-refractivity contribution >= 4 is 59.4 Å². The van der Waals surface area contributed by atoms with Crippen molar-refractivity contribution in [2.75, 3.05) is 10.6 Å². The molecule has 5 heteroatoms. The summed E-state index contributed by atoms with van der Waals surface area (Å²) in [5, 5.41) is 3.83. The van der Waals surface area contributed by atoms with E-state index in [9.17, 15) is 4.79 Å². The van der Waals surface area contributed by atoms with Gasteiger partial charge in [0.2, 0.25) is 5.91 Å². The molecule has 88 valence electrons. The first kappa shape index (κ1) is 14.2. The van der Waals surface area contributed by atoms with Gasteiger partial charge in [0.1, 0.15) is 0 Å². The van der Waals surface area contributed by atoms with Crippen molar-refractivity contribution in [2.45, 2.75) is 19.3 Å². The van der Waals surface area contributed by atoms with Crippen LogP contribution in [0.3, 0.4) is 0 Å². The number of benzene rings is 1. The van der Waals surface area contributed by atoms with Crippen molar-refractivity contribution < 1.29 is 4.79 Å². The first-order chi connectivity index (χ1) is 7.65. The lowest BCUT2D eigenvalue weighted by Gasteiger charge is -2.09. The lowest BCUT2D eigenvalue weighted by molar-refractivity contribution is -0.116. The van der Waals surface area contributed by atoms with Crippen molar-refractivity contribution in [3.05, 3.63) is 27.1 Å². The molecular weight excluding hydrogens is 402 g/mol. The molecule has 0 radical (unpaired) electrons. The topological polar surface area (TPSA) is 29.1 Å². The molecule has 0 fully saturated rings. The van der Waals surface area contributed by atoms with E-state index in [0.717, 1.165) is 32.8 Å². The number of rotatable bonds is 5. The fraction of sp³-hybridized carbons (Fsp3) is 0.364. The Balaban J connectivity index is 2.56. The molecule has 1 rings (SSSR count). The molecule has 1 N–H and O–H groups in total. The van der Waals surface area contributed by atoms with E-state index < -0.39 is 0 Å². The largest absolute Gasteiger partial charge is 0.324 e. The van der Waals surface area contributed by atoms with Gasteiger partial charge in [0, 0.05) is 20.7 Å². The first-order valence-electron chi connectivity index (χ1n) is 4.95. The molecule has 0 unspecified atom stereocenters. The minimum Gasteiger partial charge on any atom is -0.324 e. The summed E-state index contributed by atoms with van der Waals surface area (Å²) >= 11 is 10.2. The highest BCUT2D eigenvalue weighted by Crippen LogP contribution is 2.30. The van der Waals surface area contributed by atoms with Crippen LogP contribution in [0.5, 0.6) is 0 Å². The molecule has 0 heterocycles. The van der Waals surface area contributed by atoms with Crippen LogP contribution in [0.15, 0.2) is 27.1 Å². The van der Waals surface area contributed by atoms with Gasteiger partial charge in [-0.3, -0.25) is 4.79 Å².